The Morgan fingerprint density at radius 3 is 2.61 bits per heavy atom. The Morgan fingerprint density at radius 1 is 1.07 bits per heavy atom. The summed E-state index contributed by atoms with van der Waals surface area (Å²) in [4.78, 5) is 17.3. The summed E-state index contributed by atoms with van der Waals surface area (Å²) in [6.07, 6.45) is 3.77. The van der Waals surface area contributed by atoms with E-state index in [2.05, 4.69) is 10.3 Å². The smallest absolute Gasteiger partial charge is 0.306 e. The molecule has 28 heavy (non-hydrogen) atoms. The second-order valence-corrected chi connectivity index (χ2v) is 7.38. The first-order chi connectivity index (χ1) is 13.5. The molecule has 4 rings (SSSR count). The zero-order valence-corrected chi connectivity index (χ0v) is 16.7. The highest BCUT2D eigenvalue weighted by Crippen LogP contribution is 2.26. The SMILES string of the molecule is O=C(NCCc1ccc(Cl)c(Cl)c1)c1c(-c2ccc(Cl)cc2)nc2occn12. The number of hydrogen-bond acceptors (Lipinski definition) is 3. The van der Waals surface area contributed by atoms with Gasteiger partial charge in [-0.2, -0.15) is 4.98 Å². The van der Waals surface area contributed by atoms with Crippen molar-refractivity contribution in [1.29, 1.82) is 0 Å². The Labute approximate surface area is 175 Å². The number of nitrogens with one attached hydrogen (secondary N) is 1. The van der Waals surface area contributed by atoms with Crippen molar-refractivity contribution in [2.24, 2.45) is 0 Å². The topological polar surface area (TPSA) is 59.5 Å². The molecule has 1 N–H and O–H groups in total. The van der Waals surface area contributed by atoms with Crippen molar-refractivity contribution in [3.05, 3.63) is 81.2 Å². The predicted molar refractivity (Wildman–Crippen MR) is 110 cm³/mol. The molecule has 0 spiro atoms. The Hall–Kier alpha value is -2.47. The lowest BCUT2D eigenvalue weighted by Gasteiger charge is -2.07. The number of benzene rings is 2. The number of nitrogens with zero attached hydrogens (tertiary/aromatic N) is 2. The molecule has 2 heterocycles. The van der Waals surface area contributed by atoms with Crippen LogP contribution in [0.4, 0.5) is 0 Å². The van der Waals surface area contributed by atoms with E-state index in [0.717, 1.165) is 11.1 Å². The Balaban J connectivity index is 1.56. The standard InChI is InChI=1S/C20H14Cl3N3O2/c21-14-4-2-13(3-5-14)17-18(26-9-10-28-20(26)25-17)19(27)24-8-7-12-1-6-15(22)16(23)11-12/h1-6,9-11H,7-8H2,(H,24,27). The maximum atomic E-state index is 12.9. The molecule has 0 radical (unpaired) electrons. The summed E-state index contributed by atoms with van der Waals surface area (Å²) in [6.45, 7) is 0.432. The van der Waals surface area contributed by atoms with Gasteiger partial charge in [0.1, 0.15) is 17.7 Å². The number of halogens is 3. The zero-order valence-electron chi connectivity index (χ0n) is 14.5. The lowest BCUT2D eigenvalue weighted by atomic mass is 10.1. The van der Waals surface area contributed by atoms with E-state index in [-0.39, 0.29) is 5.91 Å². The average molecular weight is 435 g/mol. The zero-order chi connectivity index (χ0) is 19.7. The number of fused-ring (bicyclic) bond motifs is 1. The largest absolute Gasteiger partial charge is 0.432 e. The second kappa shape index (κ2) is 7.87. The fraction of sp³-hybridized carbons (Fsp3) is 0.100. The predicted octanol–water partition coefficient (Wildman–Crippen LogP) is 5.53. The molecule has 8 heteroatoms. The van der Waals surface area contributed by atoms with Gasteiger partial charge in [0.05, 0.1) is 10.0 Å². The summed E-state index contributed by atoms with van der Waals surface area (Å²) in [5.41, 5.74) is 2.69. The third kappa shape index (κ3) is 3.74. The number of oxazole rings is 1. The van der Waals surface area contributed by atoms with Crippen molar-refractivity contribution in [3.63, 3.8) is 0 Å². The summed E-state index contributed by atoms with van der Waals surface area (Å²) in [5.74, 6) is 0.0958. The first-order valence-corrected chi connectivity index (χ1v) is 9.60. The molecule has 0 fully saturated rings. The molecule has 2 aromatic carbocycles. The molecule has 0 aliphatic rings. The molecule has 5 nitrogen and oxygen atoms in total. The number of amides is 1. The van der Waals surface area contributed by atoms with Gasteiger partial charge in [0.2, 0.25) is 0 Å². The highest BCUT2D eigenvalue weighted by Gasteiger charge is 2.22. The molecule has 0 aliphatic heterocycles. The first kappa shape index (κ1) is 18.9. The van der Waals surface area contributed by atoms with Crippen LogP contribution in [0.3, 0.4) is 0 Å². The van der Waals surface area contributed by atoms with Gasteiger partial charge in [0.15, 0.2) is 0 Å². The van der Waals surface area contributed by atoms with Crippen molar-refractivity contribution in [2.75, 3.05) is 6.54 Å². The van der Waals surface area contributed by atoms with Gasteiger partial charge in [0, 0.05) is 23.3 Å². The Bertz CT molecular complexity index is 1150. The lowest BCUT2D eigenvalue weighted by Crippen LogP contribution is -2.27. The monoisotopic (exact) mass is 433 g/mol. The summed E-state index contributed by atoms with van der Waals surface area (Å²) in [6, 6.07) is 12.6. The van der Waals surface area contributed by atoms with Crippen LogP contribution in [-0.4, -0.2) is 21.8 Å². The van der Waals surface area contributed by atoms with E-state index in [1.165, 1.54) is 6.26 Å². The van der Waals surface area contributed by atoms with E-state index in [1.807, 2.05) is 18.2 Å². The van der Waals surface area contributed by atoms with Crippen LogP contribution in [0.5, 0.6) is 0 Å². The van der Waals surface area contributed by atoms with Crippen LogP contribution < -0.4 is 5.32 Å². The van der Waals surface area contributed by atoms with Crippen LogP contribution >= 0.6 is 34.8 Å². The Morgan fingerprint density at radius 2 is 1.86 bits per heavy atom. The van der Waals surface area contributed by atoms with Gasteiger partial charge in [-0.1, -0.05) is 53.0 Å². The van der Waals surface area contributed by atoms with E-state index < -0.39 is 0 Å². The summed E-state index contributed by atoms with van der Waals surface area (Å²) in [7, 11) is 0. The van der Waals surface area contributed by atoms with E-state index in [9.17, 15) is 4.79 Å². The second-order valence-electron chi connectivity index (χ2n) is 6.13. The fourth-order valence-electron chi connectivity index (χ4n) is 2.91. The van der Waals surface area contributed by atoms with Crippen molar-refractivity contribution >= 4 is 46.6 Å². The van der Waals surface area contributed by atoms with Crippen LogP contribution in [0.1, 0.15) is 16.1 Å². The van der Waals surface area contributed by atoms with Crippen molar-refractivity contribution in [2.45, 2.75) is 6.42 Å². The maximum absolute atomic E-state index is 12.9. The minimum Gasteiger partial charge on any atom is -0.432 e. The van der Waals surface area contributed by atoms with E-state index in [0.29, 0.717) is 45.3 Å². The lowest BCUT2D eigenvalue weighted by molar-refractivity contribution is 0.0949. The Kier molecular flexibility index (Phi) is 5.31. The van der Waals surface area contributed by atoms with Crippen molar-refractivity contribution < 1.29 is 9.21 Å². The molecular weight excluding hydrogens is 421 g/mol. The van der Waals surface area contributed by atoms with Gasteiger partial charge in [-0.05, 0) is 36.2 Å². The normalized spacial score (nSPS) is 11.1. The van der Waals surface area contributed by atoms with Gasteiger partial charge in [-0.15, -0.1) is 0 Å². The maximum Gasteiger partial charge on any atom is 0.306 e. The van der Waals surface area contributed by atoms with Crippen molar-refractivity contribution in [3.8, 4) is 11.3 Å². The summed E-state index contributed by atoms with van der Waals surface area (Å²) in [5, 5.41) is 4.53. The highest BCUT2D eigenvalue weighted by atomic mass is 35.5. The molecule has 0 saturated carbocycles. The van der Waals surface area contributed by atoms with Crippen molar-refractivity contribution in [1.82, 2.24) is 14.7 Å². The quantitative estimate of drug-likeness (QED) is 0.449. The average Bonchev–Trinajstić information content (AvgIpc) is 3.26. The third-order valence-electron chi connectivity index (χ3n) is 4.28. The van der Waals surface area contributed by atoms with Gasteiger partial charge in [-0.3, -0.25) is 9.20 Å². The first-order valence-electron chi connectivity index (χ1n) is 8.46. The molecule has 1 amide bonds. The van der Waals surface area contributed by atoms with Crippen LogP contribution in [0.25, 0.3) is 17.1 Å². The number of aromatic nitrogens is 2. The molecule has 0 aliphatic carbocycles. The highest BCUT2D eigenvalue weighted by molar-refractivity contribution is 6.42. The minimum atomic E-state index is -0.251. The van der Waals surface area contributed by atoms with Gasteiger partial charge in [0.25, 0.3) is 5.91 Å². The molecule has 0 bridgehead atoms. The molecule has 2 aromatic heterocycles. The molecule has 4 aromatic rings. The van der Waals surface area contributed by atoms with Crippen LogP contribution in [-0.2, 0) is 6.42 Å². The molecule has 0 atom stereocenters. The van der Waals surface area contributed by atoms with E-state index in [4.69, 9.17) is 39.2 Å². The van der Waals surface area contributed by atoms with Crippen LogP contribution in [0.2, 0.25) is 15.1 Å². The third-order valence-corrected chi connectivity index (χ3v) is 5.27. The molecule has 142 valence electrons. The van der Waals surface area contributed by atoms with E-state index >= 15 is 0 Å². The van der Waals surface area contributed by atoms with Crippen LogP contribution in [0.15, 0.2) is 59.3 Å². The number of hydrogen-bond donors (Lipinski definition) is 1. The summed E-state index contributed by atoms with van der Waals surface area (Å²) < 4.78 is 6.97. The molecule has 0 saturated heterocycles. The molecule has 0 unspecified atom stereocenters. The summed E-state index contributed by atoms with van der Waals surface area (Å²) >= 11 is 17.9. The van der Waals surface area contributed by atoms with Crippen LogP contribution in [0, 0.1) is 0 Å². The number of carbonyl (C=O) groups excluding carboxylic acids is 1. The van der Waals surface area contributed by atoms with Gasteiger partial charge in [-0.25, -0.2) is 0 Å². The van der Waals surface area contributed by atoms with Gasteiger partial charge < -0.3 is 9.73 Å². The van der Waals surface area contributed by atoms with E-state index in [1.54, 1.807) is 34.9 Å². The van der Waals surface area contributed by atoms with Gasteiger partial charge >= 0.3 is 5.84 Å². The molecular formula is C20H14Cl3N3O2. The number of rotatable bonds is 5. The number of imidazole rings is 1. The fourth-order valence-corrected chi connectivity index (χ4v) is 3.36. The minimum absolute atomic E-state index is 0.251. The number of carbonyl (C=O) groups is 1.